The van der Waals surface area contributed by atoms with Crippen LogP contribution in [-0.2, 0) is 11.3 Å². The number of rotatable bonds is 8. The van der Waals surface area contributed by atoms with Crippen molar-refractivity contribution in [3.8, 4) is 0 Å². The predicted octanol–water partition coefficient (Wildman–Crippen LogP) is 1.21. The Hall–Kier alpha value is -1.43. The summed E-state index contributed by atoms with van der Waals surface area (Å²) in [5.41, 5.74) is 1.29. The zero-order valence-corrected chi connectivity index (χ0v) is 11.4. The zero-order chi connectivity index (χ0) is 14.3. The quantitative estimate of drug-likeness (QED) is 0.741. The van der Waals surface area contributed by atoms with E-state index in [1.165, 1.54) is 0 Å². The summed E-state index contributed by atoms with van der Waals surface area (Å²) in [4.78, 5) is 12.7. The Morgan fingerprint density at radius 3 is 2.53 bits per heavy atom. The van der Waals surface area contributed by atoms with Gasteiger partial charge in [0.25, 0.3) is 0 Å². The van der Waals surface area contributed by atoms with Crippen LogP contribution in [0.5, 0.6) is 0 Å². The first-order chi connectivity index (χ1) is 9.02. The van der Waals surface area contributed by atoms with Crippen molar-refractivity contribution in [3.05, 3.63) is 35.4 Å². The van der Waals surface area contributed by atoms with E-state index in [0.717, 1.165) is 5.56 Å². The van der Waals surface area contributed by atoms with E-state index in [4.69, 9.17) is 9.84 Å². The molecule has 5 nitrogen and oxygen atoms in total. The van der Waals surface area contributed by atoms with Gasteiger partial charge in [-0.1, -0.05) is 12.1 Å². The third-order valence-electron chi connectivity index (χ3n) is 2.69. The zero-order valence-electron chi connectivity index (χ0n) is 11.4. The molecule has 1 unspecified atom stereocenters. The number of aromatic carboxylic acids is 1. The number of benzene rings is 1. The monoisotopic (exact) mass is 267 g/mol. The smallest absolute Gasteiger partial charge is 0.335 e. The van der Waals surface area contributed by atoms with Gasteiger partial charge in [0.1, 0.15) is 0 Å². The molecule has 0 heterocycles. The summed E-state index contributed by atoms with van der Waals surface area (Å²) in [7, 11) is 1.90. The highest BCUT2D eigenvalue weighted by molar-refractivity contribution is 5.87. The van der Waals surface area contributed by atoms with Gasteiger partial charge in [-0.15, -0.1) is 0 Å². The Bertz CT molecular complexity index is 391. The standard InChI is InChI=1S/C14H21NO4/c1-3-19-10-13(16)9-15(2)8-11-4-6-12(7-5-11)14(17)18/h4-7,13,16H,3,8-10H2,1-2H3,(H,17,18). The van der Waals surface area contributed by atoms with Crippen molar-refractivity contribution in [3.63, 3.8) is 0 Å². The maximum atomic E-state index is 10.7. The third-order valence-corrected chi connectivity index (χ3v) is 2.69. The van der Waals surface area contributed by atoms with Gasteiger partial charge in [-0.25, -0.2) is 4.79 Å². The van der Waals surface area contributed by atoms with Crippen molar-refractivity contribution >= 4 is 5.97 Å². The molecule has 5 heteroatoms. The fourth-order valence-electron chi connectivity index (χ4n) is 1.80. The largest absolute Gasteiger partial charge is 0.478 e. The lowest BCUT2D eigenvalue weighted by molar-refractivity contribution is 0.0244. The van der Waals surface area contributed by atoms with Gasteiger partial charge in [0.2, 0.25) is 0 Å². The third kappa shape index (κ3) is 5.83. The van der Waals surface area contributed by atoms with Gasteiger partial charge in [0.05, 0.1) is 18.3 Å². The highest BCUT2D eigenvalue weighted by Gasteiger charge is 2.09. The number of hydrogen-bond donors (Lipinski definition) is 2. The fourth-order valence-corrected chi connectivity index (χ4v) is 1.80. The van der Waals surface area contributed by atoms with Crippen molar-refractivity contribution < 1.29 is 19.7 Å². The van der Waals surface area contributed by atoms with Gasteiger partial charge >= 0.3 is 5.97 Å². The van der Waals surface area contributed by atoms with Gasteiger partial charge < -0.3 is 14.9 Å². The minimum absolute atomic E-state index is 0.280. The second-order valence-electron chi connectivity index (χ2n) is 4.51. The number of carboxylic acids is 1. The number of likely N-dealkylation sites (N-methyl/N-ethyl adjacent to an activating group) is 1. The Labute approximate surface area is 113 Å². The summed E-state index contributed by atoms with van der Waals surface area (Å²) in [5, 5.41) is 18.5. The molecule has 1 aromatic carbocycles. The molecule has 106 valence electrons. The molecule has 19 heavy (non-hydrogen) atoms. The van der Waals surface area contributed by atoms with Gasteiger partial charge in [0, 0.05) is 19.7 Å². The second kappa shape index (κ2) is 7.89. The molecule has 2 N–H and O–H groups in total. The van der Waals surface area contributed by atoms with Crippen molar-refractivity contribution in [2.45, 2.75) is 19.6 Å². The summed E-state index contributed by atoms with van der Waals surface area (Å²) in [5.74, 6) is -0.924. The van der Waals surface area contributed by atoms with Crippen LogP contribution in [0, 0.1) is 0 Å². The maximum absolute atomic E-state index is 10.7. The van der Waals surface area contributed by atoms with Crippen molar-refractivity contribution in [2.24, 2.45) is 0 Å². The van der Waals surface area contributed by atoms with Crippen LogP contribution in [-0.4, -0.2) is 54.0 Å². The molecule has 0 aliphatic heterocycles. The molecule has 0 bridgehead atoms. The van der Waals surface area contributed by atoms with E-state index < -0.39 is 12.1 Å². The molecule has 0 saturated heterocycles. The van der Waals surface area contributed by atoms with Crippen LogP contribution in [0.2, 0.25) is 0 Å². The normalized spacial score (nSPS) is 12.6. The van der Waals surface area contributed by atoms with Crippen molar-refractivity contribution in [1.29, 1.82) is 0 Å². The molecule has 1 rings (SSSR count). The van der Waals surface area contributed by atoms with E-state index in [0.29, 0.717) is 26.3 Å². The molecule has 0 radical (unpaired) electrons. The maximum Gasteiger partial charge on any atom is 0.335 e. The number of carbonyl (C=O) groups is 1. The average Bonchev–Trinajstić information content (AvgIpc) is 2.36. The molecule has 1 aromatic rings. The minimum atomic E-state index is -0.924. The lowest BCUT2D eigenvalue weighted by Gasteiger charge is -2.20. The summed E-state index contributed by atoms with van der Waals surface area (Å²) in [6.45, 7) is 3.99. The van der Waals surface area contributed by atoms with Gasteiger partial charge in [-0.2, -0.15) is 0 Å². The van der Waals surface area contributed by atoms with Gasteiger partial charge in [0.15, 0.2) is 0 Å². The minimum Gasteiger partial charge on any atom is -0.478 e. The molecule has 1 atom stereocenters. The number of aliphatic hydroxyl groups excluding tert-OH is 1. The highest BCUT2D eigenvalue weighted by Crippen LogP contribution is 2.07. The Kier molecular flexibility index (Phi) is 6.49. The Morgan fingerprint density at radius 2 is 2.00 bits per heavy atom. The van der Waals surface area contributed by atoms with E-state index >= 15 is 0 Å². The first-order valence-corrected chi connectivity index (χ1v) is 6.29. The molecule has 0 saturated carbocycles. The van der Waals surface area contributed by atoms with Crippen molar-refractivity contribution in [2.75, 3.05) is 26.8 Å². The number of hydrogen-bond acceptors (Lipinski definition) is 4. The second-order valence-corrected chi connectivity index (χ2v) is 4.51. The van der Waals surface area contributed by atoms with Crippen LogP contribution in [0.15, 0.2) is 24.3 Å². The van der Waals surface area contributed by atoms with Crippen LogP contribution >= 0.6 is 0 Å². The van der Waals surface area contributed by atoms with E-state index in [1.807, 2.05) is 18.9 Å². The van der Waals surface area contributed by atoms with E-state index in [1.54, 1.807) is 24.3 Å². The van der Waals surface area contributed by atoms with Gasteiger partial charge in [-0.05, 0) is 31.7 Å². The van der Waals surface area contributed by atoms with Crippen LogP contribution in [0.4, 0.5) is 0 Å². The number of aliphatic hydroxyl groups is 1. The molecule has 0 fully saturated rings. The van der Waals surface area contributed by atoms with Gasteiger partial charge in [-0.3, -0.25) is 4.90 Å². The van der Waals surface area contributed by atoms with Crippen LogP contribution in [0.3, 0.4) is 0 Å². The molecule has 0 amide bonds. The van der Waals surface area contributed by atoms with Crippen LogP contribution in [0.1, 0.15) is 22.8 Å². The Morgan fingerprint density at radius 1 is 1.37 bits per heavy atom. The first kappa shape index (κ1) is 15.6. The SMILES string of the molecule is CCOCC(O)CN(C)Cc1ccc(C(=O)O)cc1. The molecular weight excluding hydrogens is 246 g/mol. The summed E-state index contributed by atoms with van der Waals surface area (Å²) < 4.78 is 5.15. The average molecular weight is 267 g/mol. The van der Waals surface area contributed by atoms with Crippen molar-refractivity contribution in [1.82, 2.24) is 4.90 Å². The fraction of sp³-hybridized carbons (Fsp3) is 0.500. The van der Waals surface area contributed by atoms with E-state index in [2.05, 4.69) is 0 Å². The lowest BCUT2D eigenvalue weighted by Crippen LogP contribution is -2.31. The number of carboxylic acid groups (broad SMARTS) is 1. The van der Waals surface area contributed by atoms with Crippen LogP contribution < -0.4 is 0 Å². The molecule has 0 spiro atoms. The Balaban J connectivity index is 2.43. The first-order valence-electron chi connectivity index (χ1n) is 6.29. The number of ether oxygens (including phenoxy) is 1. The molecule has 0 aliphatic carbocycles. The van der Waals surface area contributed by atoms with Crippen LogP contribution in [0.25, 0.3) is 0 Å². The summed E-state index contributed by atoms with van der Waals surface area (Å²) >= 11 is 0. The summed E-state index contributed by atoms with van der Waals surface area (Å²) in [6, 6.07) is 6.74. The lowest BCUT2D eigenvalue weighted by atomic mass is 10.1. The summed E-state index contributed by atoms with van der Waals surface area (Å²) in [6.07, 6.45) is -0.511. The molecule has 0 aromatic heterocycles. The topological polar surface area (TPSA) is 70.0 Å². The number of nitrogens with zero attached hydrogens (tertiary/aromatic N) is 1. The van der Waals surface area contributed by atoms with E-state index in [9.17, 15) is 9.90 Å². The molecule has 0 aliphatic rings. The predicted molar refractivity (Wildman–Crippen MR) is 72.2 cm³/mol. The molecular formula is C14H21NO4. The van der Waals surface area contributed by atoms with E-state index in [-0.39, 0.29) is 5.56 Å². The highest BCUT2D eigenvalue weighted by atomic mass is 16.5.